The lowest BCUT2D eigenvalue weighted by Gasteiger charge is -2.09. The van der Waals surface area contributed by atoms with Crippen LogP contribution < -0.4 is 16.8 Å². The molecule has 0 fully saturated rings. The molecule has 0 amide bonds. The molecule has 0 spiro atoms. The zero-order valence-corrected chi connectivity index (χ0v) is 10.3. The van der Waals surface area contributed by atoms with Gasteiger partial charge in [0.25, 0.3) is 0 Å². The number of nitrogens with one attached hydrogen (secondary N) is 1. The van der Waals surface area contributed by atoms with E-state index in [0.717, 1.165) is 26.8 Å². The molecule has 0 atom stereocenters. The highest BCUT2D eigenvalue weighted by Crippen LogP contribution is 2.29. The van der Waals surface area contributed by atoms with Crippen molar-refractivity contribution in [1.82, 2.24) is 4.98 Å². The van der Waals surface area contributed by atoms with E-state index in [-0.39, 0.29) is 0 Å². The van der Waals surface area contributed by atoms with Gasteiger partial charge in [0, 0.05) is 40.2 Å². The topological polar surface area (TPSA) is 77.0 Å². The Balaban J connectivity index is 2.55. The van der Waals surface area contributed by atoms with Crippen LogP contribution in [0, 0.1) is 0 Å². The number of fused-ring (bicyclic) bond motifs is 1. The number of nitrogen functional groups attached to an aromatic ring is 1. The van der Waals surface area contributed by atoms with Crippen molar-refractivity contribution in [3.8, 4) is 0 Å². The van der Waals surface area contributed by atoms with Gasteiger partial charge in [0.15, 0.2) is 0 Å². The standard InChI is InChI=1S/C11H13BrN4/c12-10-6-16-11(15-4-3-13)8-2-1-7(14)5-9(8)10/h1-2,5-6H,3-4,13-14H2,(H,15,16). The molecule has 0 saturated heterocycles. The van der Waals surface area contributed by atoms with E-state index in [1.54, 1.807) is 6.20 Å². The summed E-state index contributed by atoms with van der Waals surface area (Å²) < 4.78 is 0.938. The molecule has 0 unspecified atom stereocenters. The van der Waals surface area contributed by atoms with Crippen LogP contribution in [0.15, 0.2) is 28.9 Å². The van der Waals surface area contributed by atoms with Crippen LogP contribution >= 0.6 is 15.9 Å². The Labute approximate surface area is 102 Å². The molecule has 0 radical (unpaired) electrons. The second kappa shape index (κ2) is 4.67. The van der Waals surface area contributed by atoms with Crippen LogP contribution in [-0.2, 0) is 0 Å². The average molecular weight is 281 g/mol. The van der Waals surface area contributed by atoms with E-state index >= 15 is 0 Å². The van der Waals surface area contributed by atoms with E-state index in [9.17, 15) is 0 Å². The minimum atomic E-state index is 0.578. The van der Waals surface area contributed by atoms with Gasteiger partial charge in [-0.2, -0.15) is 0 Å². The number of nitrogens with two attached hydrogens (primary N) is 2. The minimum absolute atomic E-state index is 0.578. The van der Waals surface area contributed by atoms with Gasteiger partial charge in [-0.1, -0.05) is 0 Å². The zero-order chi connectivity index (χ0) is 11.5. The van der Waals surface area contributed by atoms with Crippen LogP contribution in [0.1, 0.15) is 0 Å². The van der Waals surface area contributed by atoms with Crippen molar-refractivity contribution in [2.45, 2.75) is 0 Å². The summed E-state index contributed by atoms with van der Waals surface area (Å²) >= 11 is 3.46. The fourth-order valence-electron chi connectivity index (χ4n) is 1.56. The van der Waals surface area contributed by atoms with E-state index in [1.165, 1.54) is 0 Å². The maximum atomic E-state index is 5.76. The molecule has 5 heteroatoms. The van der Waals surface area contributed by atoms with Gasteiger partial charge < -0.3 is 16.8 Å². The van der Waals surface area contributed by atoms with E-state index in [4.69, 9.17) is 11.5 Å². The Morgan fingerprint density at radius 2 is 2.12 bits per heavy atom. The van der Waals surface area contributed by atoms with E-state index in [2.05, 4.69) is 26.2 Å². The molecule has 0 aliphatic heterocycles. The Morgan fingerprint density at radius 3 is 2.88 bits per heavy atom. The van der Waals surface area contributed by atoms with Gasteiger partial charge in [-0.25, -0.2) is 4.98 Å². The molecule has 0 aliphatic carbocycles. The van der Waals surface area contributed by atoms with Crippen LogP contribution in [0.3, 0.4) is 0 Å². The van der Waals surface area contributed by atoms with Gasteiger partial charge in [-0.05, 0) is 34.1 Å². The molecule has 0 bridgehead atoms. The van der Waals surface area contributed by atoms with Crippen molar-refractivity contribution in [3.05, 3.63) is 28.9 Å². The normalized spacial score (nSPS) is 10.6. The summed E-state index contributed by atoms with van der Waals surface area (Å²) in [6.07, 6.45) is 1.76. The molecular formula is C11H13BrN4. The van der Waals surface area contributed by atoms with Crippen LogP contribution in [0.2, 0.25) is 0 Å². The maximum Gasteiger partial charge on any atom is 0.133 e. The first-order valence-corrected chi connectivity index (χ1v) is 5.79. The predicted octanol–water partition coefficient (Wildman–Crippen LogP) is 1.95. The number of aromatic nitrogens is 1. The third-order valence-electron chi connectivity index (χ3n) is 2.30. The third-order valence-corrected chi connectivity index (χ3v) is 2.93. The Hall–Kier alpha value is -1.33. The van der Waals surface area contributed by atoms with Gasteiger partial charge >= 0.3 is 0 Å². The lowest BCUT2D eigenvalue weighted by molar-refractivity contribution is 1.01. The molecule has 4 nitrogen and oxygen atoms in total. The van der Waals surface area contributed by atoms with Crippen molar-refractivity contribution < 1.29 is 0 Å². The molecule has 1 aromatic heterocycles. The molecule has 1 aromatic carbocycles. The average Bonchev–Trinajstić information content (AvgIpc) is 2.29. The van der Waals surface area contributed by atoms with Crippen LogP contribution in [0.4, 0.5) is 11.5 Å². The first kappa shape index (κ1) is 11.2. The smallest absolute Gasteiger partial charge is 0.133 e. The second-order valence-electron chi connectivity index (χ2n) is 3.48. The van der Waals surface area contributed by atoms with E-state index in [1.807, 2.05) is 18.2 Å². The van der Waals surface area contributed by atoms with Gasteiger partial charge in [0.05, 0.1) is 0 Å². The number of hydrogen-bond donors (Lipinski definition) is 3. The summed E-state index contributed by atoms with van der Waals surface area (Å²) in [5, 5.41) is 5.28. The first-order chi connectivity index (χ1) is 7.72. The Kier molecular flexibility index (Phi) is 3.26. The quantitative estimate of drug-likeness (QED) is 0.751. The number of benzene rings is 1. The van der Waals surface area contributed by atoms with Gasteiger partial charge in [-0.15, -0.1) is 0 Å². The van der Waals surface area contributed by atoms with Crippen molar-refractivity contribution in [1.29, 1.82) is 0 Å². The van der Waals surface area contributed by atoms with Gasteiger partial charge in [-0.3, -0.25) is 0 Å². The lowest BCUT2D eigenvalue weighted by Crippen LogP contribution is -2.14. The molecular weight excluding hydrogens is 268 g/mol. The largest absolute Gasteiger partial charge is 0.399 e. The summed E-state index contributed by atoms with van der Waals surface area (Å²) in [7, 11) is 0. The maximum absolute atomic E-state index is 5.76. The highest BCUT2D eigenvalue weighted by molar-refractivity contribution is 9.10. The Morgan fingerprint density at radius 1 is 1.31 bits per heavy atom. The van der Waals surface area contributed by atoms with Gasteiger partial charge in [0.2, 0.25) is 0 Å². The van der Waals surface area contributed by atoms with Crippen LogP contribution in [0.25, 0.3) is 10.8 Å². The number of rotatable bonds is 3. The number of hydrogen-bond acceptors (Lipinski definition) is 4. The SMILES string of the molecule is NCCNc1ncc(Br)c2cc(N)ccc12. The van der Waals surface area contributed by atoms with Crippen molar-refractivity contribution in [2.75, 3.05) is 24.1 Å². The van der Waals surface area contributed by atoms with Crippen molar-refractivity contribution in [2.24, 2.45) is 5.73 Å². The third kappa shape index (κ3) is 2.10. The minimum Gasteiger partial charge on any atom is -0.399 e. The molecule has 5 N–H and O–H groups in total. The zero-order valence-electron chi connectivity index (χ0n) is 8.70. The number of pyridine rings is 1. The van der Waals surface area contributed by atoms with E-state index in [0.29, 0.717) is 13.1 Å². The molecule has 2 aromatic rings. The van der Waals surface area contributed by atoms with Crippen LogP contribution in [0.5, 0.6) is 0 Å². The first-order valence-electron chi connectivity index (χ1n) is 5.00. The summed E-state index contributed by atoms with van der Waals surface area (Å²) in [4.78, 5) is 4.32. The van der Waals surface area contributed by atoms with Crippen LogP contribution in [-0.4, -0.2) is 18.1 Å². The summed E-state index contributed by atoms with van der Waals surface area (Å²) in [5.41, 5.74) is 12.0. The van der Waals surface area contributed by atoms with Gasteiger partial charge in [0.1, 0.15) is 5.82 Å². The predicted molar refractivity (Wildman–Crippen MR) is 71.4 cm³/mol. The number of halogens is 1. The molecule has 0 saturated carbocycles. The summed E-state index contributed by atoms with van der Waals surface area (Å²) in [6, 6.07) is 5.75. The lowest BCUT2D eigenvalue weighted by atomic mass is 10.1. The molecule has 84 valence electrons. The highest BCUT2D eigenvalue weighted by Gasteiger charge is 2.05. The van der Waals surface area contributed by atoms with Crippen molar-refractivity contribution in [3.63, 3.8) is 0 Å². The summed E-state index contributed by atoms with van der Waals surface area (Å²) in [6.45, 7) is 1.28. The molecule has 2 rings (SSSR count). The Bertz CT molecular complexity index is 513. The molecule has 16 heavy (non-hydrogen) atoms. The second-order valence-corrected chi connectivity index (χ2v) is 4.33. The van der Waals surface area contributed by atoms with Crippen molar-refractivity contribution >= 4 is 38.2 Å². The number of nitrogens with zero attached hydrogens (tertiary/aromatic N) is 1. The monoisotopic (exact) mass is 280 g/mol. The van der Waals surface area contributed by atoms with E-state index < -0.39 is 0 Å². The summed E-state index contributed by atoms with van der Waals surface area (Å²) in [5.74, 6) is 0.837. The fraction of sp³-hybridized carbons (Fsp3) is 0.182. The molecule has 1 heterocycles. The number of anilines is 2. The molecule has 0 aliphatic rings. The highest BCUT2D eigenvalue weighted by atomic mass is 79.9. The fourth-order valence-corrected chi connectivity index (χ4v) is 1.99.